The molecule has 2 aromatic heterocycles. The van der Waals surface area contributed by atoms with E-state index in [9.17, 15) is 0 Å². The molecular weight excluding hydrogens is 270 g/mol. The number of rotatable bonds is 7. The molecule has 3 N–H and O–H groups in total. The van der Waals surface area contributed by atoms with Crippen molar-refractivity contribution in [1.29, 1.82) is 0 Å². The predicted octanol–water partition coefficient (Wildman–Crippen LogP) is 0.669. The molecule has 0 bridgehead atoms. The first kappa shape index (κ1) is 15.2. The van der Waals surface area contributed by atoms with Gasteiger partial charge in [-0.1, -0.05) is 0 Å². The van der Waals surface area contributed by atoms with Crippen molar-refractivity contribution in [3.8, 4) is 0 Å². The maximum Gasteiger partial charge on any atom is 0.158 e. The highest BCUT2D eigenvalue weighted by molar-refractivity contribution is 5.48. The van der Waals surface area contributed by atoms with Gasteiger partial charge in [0.1, 0.15) is 24.1 Å². The van der Waals surface area contributed by atoms with E-state index in [1.807, 2.05) is 36.7 Å². The molecule has 0 saturated heterocycles. The number of anilines is 2. The number of hydrogen-bond acceptors (Lipinski definition) is 7. The molecule has 0 saturated carbocycles. The summed E-state index contributed by atoms with van der Waals surface area (Å²) in [6.45, 7) is 3.54. The van der Waals surface area contributed by atoms with Gasteiger partial charge in [0.2, 0.25) is 0 Å². The Morgan fingerprint density at radius 3 is 2.86 bits per heavy atom. The van der Waals surface area contributed by atoms with Crippen LogP contribution in [-0.2, 0) is 24.9 Å². The lowest BCUT2D eigenvalue weighted by Gasteiger charge is -2.19. The van der Waals surface area contributed by atoms with E-state index in [4.69, 9.17) is 10.6 Å². The SMILES string of the molecule is CCOCc1nc(NN)cc(N(C)Cc2nccn2C)n1. The molecule has 0 radical (unpaired) electrons. The first-order valence-electron chi connectivity index (χ1n) is 6.73. The molecule has 2 rings (SSSR count). The topological polar surface area (TPSA) is 94.1 Å². The molecule has 0 spiro atoms. The Labute approximate surface area is 123 Å². The Hall–Kier alpha value is -2.19. The van der Waals surface area contributed by atoms with E-state index in [2.05, 4.69) is 20.4 Å². The fraction of sp³-hybridized carbons (Fsp3) is 0.462. The lowest BCUT2D eigenvalue weighted by molar-refractivity contribution is 0.128. The smallest absolute Gasteiger partial charge is 0.158 e. The number of nitrogen functional groups attached to an aromatic ring is 1. The number of nitrogens with two attached hydrogens (primary N) is 1. The van der Waals surface area contributed by atoms with Crippen LogP contribution in [0.25, 0.3) is 0 Å². The van der Waals surface area contributed by atoms with Gasteiger partial charge in [-0.25, -0.2) is 20.8 Å². The fourth-order valence-electron chi connectivity index (χ4n) is 1.85. The Bertz CT molecular complexity index is 584. The number of nitrogens with zero attached hydrogens (tertiary/aromatic N) is 5. The van der Waals surface area contributed by atoms with Gasteiger partial charge in [-0.2, -0.15) is 0 Å². The molecule has 0 aromatic carbocycles. The van der Waals surface area contributed by atoms with Gasteiger partial charge in [-0.15, -0.1) is 0 Å². The maximum absolute atomic E-state index is 5.46. The Morgan fingerprint density at radius 2 is 2.24 bits per heavy atom. The zero-order chi connectivity index (χ0) is 15.2. The van der Waals surface area contributed by atoms with Gasteiger partial charge in [0.25, 0.3) is 0 Å². The zero-order valence-electron chi connectivity index (χ0n) is 12.6. The van der Waals surface area contributed by atoms with Gasteiger partial charge in [0.05, 0.1) is 6.54 Å². The molecule has 114 valence electrons. The number of aryl methyl sites for hydroxylation is 1. The molecule has 0 aliphatic rings. The summed E-state index contributed by atoms with van der Waals surface area (Å²) in [4.78, 5) is 15.0. The molecule has 0 aliphatic carbocycles. The highest BCUT2D eigenvalue weighted by atomic mass is 16.5. The quantitative estimate of drug-likeness (QED) is 0.572. The summed E-state index contributed by atoms with van der Waals surface area (Å²) in [6.07, 6.45) is 3.69. The summed E-state index contributed by atoms with van der Waals surface area (Å²) in [6, 6.07) is 1.79. The first-order chi connectivity index (χ1) is 10.1. The minimum atomic E-state index is 0.356. The van der Waals surface area contributed by atoms with Crippen molar-refractivity contribution >= 4 is 11.6 Å². The normalized spacial score (nSPS) is 10.7. The van der Waals surface area contributed by atoms with E-state index in [0.29, 0.717) is 31.4 Å². The molecule has 2 aromatic rings. The first-order valence-corrected chi connectivity index (χ1v) is 6.73. The summed E-state index contributed by atoms with van der Waals surface area (Å²) >= 11 is 0. The highest BCUT2D eigenvalue weighted by Gasteiger charge is 2.10. The van der Waals surface area contributed by atoms with Crippen LogP contribution in [0.15, 0.2) is 18.5 Å². The lowest BCUT2D eigenvalue weighted by Crippen LogP contribution is -2.22. The van der Waals surface area contributed by atoms with Crippen molar-refractivity contribution in [2.75, 3.05) is 24.0 Å². The average molecular weight is 291 g/mol. The van der Waals surface area contributed by atoms with Gasteiger partial charge in [-0.3, -0.25) is 0 Å². The number of imidazole rings is 1. The number of hydrazine groups is 1. The van der Waals surface area contributed by atoms with Crippen LogP contribution in [0.5, 0.6) is 0 Å². The number of nitrogens with one attached hydrogen (secondary N) is 1. The molecule has 8 heteroatoms. The van der Waals surface area contributed by atoms with Crippen molar-refractivity contribution in [3.63, 3.8) is 0 Å². The monoisotopic (exact) mass is 291 g/mol. The maximum atomic E-state index is 5.46. The van der Waals surface area contributed by atoms with Crippen LogP contribution >= 0.6 is 0 Å². The van der Waals surface area contributed by atoms with E-state index < -0.39 is 0 Å². The third kappa shape index (κ3) is 3.89. The van der Waals surface area contributed by atoms with Crippen molar-refractivity contribution in [2.24, 2.45) is 12.9 Å². The molecule has 0 aliphatic heterocycles. The fourth-order valence-corrected chi connectivity index (χ4v) is 1.85. The molecule has 0 fully saturated rings. The van der Waals surface area contributed by atoms with Gasteiger partial charge < -0.3 is 19.6 Å². The summed E-state index contributed by atoms with van der Waals surface area (Å²) in [5.74, 6) is 8.32. The van der Waals surface area contributed by atoms with Crippen LogP contribution < -0.4 is 16.2 Å². The lowest BCUT2D eigenvalue weighted by atomic mass is 10.4. The van der Waals surface area contributed by atoms with Crippen LogP contribution in [0.4, 0.5) is 11.6 Å². The van der Waals surface area contributed by atoms with E-state index in [1.54, 1.807) is 12.3 Å². The van der Waals surface area contributed by atoms with Crippen molar-refractivity contribution in [1.82, 2.24) is 19.5 Å². The molecule has 0 amide bonds. The Balaban J connectivity index is 2.18. The van der Waals surface area contributed by atoms with Crippen LogP contribution in [0.2, 0.25) is 0 Å². The average Bonchev–Trinajstić information content (AvgIpc) is 2.90. The van der Waals surface area contributed by atoms with E-state index in [1.165, 1.54) is 0 Å². The molecule has 0 atom stereocenters. The summed E-state index contributed by atoms with van der Waals surface area (Å²) in [5.41, 5.74) is 2.56. The van der Waals surface area contributed by atoms with E-state index in [-0.39, 0.29) is 0 Å². The Morgan fingerprint density at radius 1 is 1.43 bits per heavy atom. The number of ether oxygens (including phenoxy) is 1. The summed E-state index contributed by atoms with van der Waals surface area (Å²) < 4.78 is 7.32. The molecule has 8 nitrogen and oxygen atoms in total. The second-order valence-corrected chi connectivity index (χ2v) is 4.62. The zero-order valence-corrected chi connectivity index (χ0v) is 12.6. The highest BCUT2D eigenvalue weighted by Crippen LogP contribution is 2.16. The largest absolute Gasteiger partial charge is 0.374 e. The molecule has 2 heterocycles. The summed E-state index contributed by atoms with van der Waals surface area (Å²) in [5, 5.41) is 0. The van der Waals surface area contributed by atoms with Crippen molar-refractivity contribution < 1.29 is 4.74 Å². The number of hydrogen-bond donors (Lipinski definition) is 2. The van der Waals surface area contributed by atoms with Crippen LogP contribution in [0.1, 0.15) is 18.6 Å². The van der Waals surface area contributed by atoms with Crippen LogP contribution in [-0.4, -0.2) is 33.2 Å². The van der Waals surface area contributed by atoms with Gasteiger partial charge in [-0.05, 0) is 6.92 Å². The van der Waals surface area contributed by atoms with Crippen LogP contribution in [0.3, 0.4) is 0 Å². The summed E-state index contributed by atoms with van der Waals surface area (Å²) in [7, 11) is 3.91. The number of aromatic nitrogens is 4. The van der Waals surface area contributed by atoms with Gasteiger partial charge in [0.15, 0.2) is 5.82 Å². The van der Waals surface area contributed by atoms with E-state index >= 15 is 0 Å². The van der Waals surface area contributed by atoms with Crippen LogP contribution in [0, 0.1) is 0 Å². The molecule has 0 unspecified atom stereocenters. The third-order valence-corrected chi connectivity index (χ3v) is 3.03. The Kier molecular flexibility index (Phi) is 5.07. The standard InChI is InChI=1S/C13H21N7O/c1-4-21-9-11-16-10(18-14)7-12(17-11)20(3)8-13-15-5-6-19(13)2/h5-7H,4,8-9,14H2,1-3H3,(H,16,17,18). The molecule has 21 heavy (non-hydrogen) atoms. The van der Waals surface area contributed by atoms with E-state index in [0.717, 1.165) is 11.6 Å². The van der Waals surface area contributed by atoms with Crippen molar-refractivity contribution in [3.05, 3.63) is 30.1 Å². The third-order valence-electron chi connectivity index (χ3n) is 3.03. The second kappa shape index (κ2) is 7.00. The second-order valence-electron chi connectivity index (χ2n) is 4.62. The van der Waals surface area contributed by atoms with Crippen molar-refractivity contribution in [2.45, 2.75) is 20.1 Å². The van der Waals surface area contributed by atoms with Gasteiger partial charge in [0, 0.05) is 39.2 Å². The predicted molar refractivity (Wildman–Crippen MR) is 80.5 cm³/mol. The minimum Gasteiger partial charge on any atom is -0.374 e. The molecular formula is C13H21N7O. The van der Waals surface area contributed by atoms with Gasteiger partial charge >= 0.3 is 0 Å². The minimum absolute atomic E-state index is 0.356.